The summed E-state index contributed by atoms with van der Waals surface area (Å²) in [6.07, 6.45) is 0. The first-order valence-electron chi connectivity index (χ1n) is 3.17. The Kier molecular flexibility index (Phi) is 4.44. The number of amidine groups is 1. The number of nitrogens with two attached hydrogens (primary N) is 1. The number of hydrogen-bond acceptors (Lipinski definition) is 4. The molecular formula is C7H9ClN2O2S. The van der Waals surface area contributed by atoms with E-state index in [4.69, 9.17) is 11.1 Å². The average molecular weight is 221 g/mol. The normalized spacial score (nSPS) is 8.69. The van der Waals surface area contributed by atoms with E-state index >= 15 is 0 Å². The van der Waals surface area contributed by atoms with E-state index < -0.39 is 5.97 Å². The fraction of sp³-hybridized carbons (Fsp3) is 0.143. The van der Waals surface area contributed by atoms with Gasteiger partial charge in [-0.3, -0.25) is 5.41 Å². The minimum absolute atomic E-state index is 0. The van der Waals surface area contributed by atoms with Gasteiger partial charge in [-0.25, -0.2) is 4.79 Å². The van der Waals surface area contributed by atoms with E-state index in [1.165, 1.54) is 7.11 Å². The maximum absolute atomic E-state index is 10.9. The SMILES string of the molecule is COC(=O)c1ccc(C(=N)N)s1.Cl. The van der Waals surface area contributed by atoms with Crippen LogP contribution in [0.2, 0.25) is 0 Å². The summed E-state index contributed by atoms with van der Waals surface area (Å²) in [4.78, 5) is 12.0. The molecule has 0 aliphatic carbocycles. The zero-order valence-electron chi connectivity index (χ0n) is 6.87. The number of hydrogen-bond donors (Lipinski definition) is 2. The first-order valence-corrected chi connectivity index (χ1v) is 3.99. The van der Waals surface area contributed by atoms with Crippen molar-refractivity contribution in [2.45, 2.75) is 0 Å². The lowest BCUT2D eigenvalue weighted by atomic mass is 10.4. The summed E-state index contributed by atoms with van der Waals surface area (Å²) >= 11 is 1.15. The quantitative estimate of drug-likeness (QED) is 0.447. The van der Waals surface area contributed by atoms with Crippen molar-refractivity contribution in [2.75, 3.05) is 7.11 Å². The van der Waals surface area contributed by atoms with Crippen LogP contribution in [0.15, 0.2) is 12.1 Å². The van der Waals surface area contributed by atoms with Gasteiger partial charge < -0.3 is 10.5 Å². The molecule has 13 heavy (non-hydrogen) atoms. The van der Waals surface area contributed by atoms with Crippen LogP contribution >= 0.6 is 23.7 Å². The minimum Gasteiger partial charge on any atom is -0.465 e. The van der Waals surface area contributed by atoms with Crippen molar-refractivity contribution in [3.63, 3.8) is 0 Å². The maximum Gasteiger partial charge on any atom is 0.348 e. The molecule has 1 aromatic rings. The third-order valence-electron chi connectivity index (χ3n) is 1.26. The number of thiophene rings is 1. The van der Waals surface area contributed by atoms with Crippen LogP contribution in [0.1, 0.15) is 14.5 Å². The Hall–Kier alpha value is -1.07. The van der Waals surface area contributed by atoms with Crippen molar-refractivity contribution < 1.29 is 9.53 Å². The number of methoxy groups -OCH3 is 1. The topological polar surface area (TPSA) is 76.2 Å². The number of ether oxygens (including phenoxy) is 1. The highest BCUT2D eigenvalue weighted by molar-refractivity contribution is 7.15. The summed E-state index contributed by atoms with van der Waals surface area (Å²) in [7, 11) is 1.31. The van der Waals surface area contributed by atoms with Crippen molar-refractivity contribution in [1.29, 1.82) is 5.41 Å². The molecular weight excluding hydrogens is 212 g/mol. The molecule has 0 bridgehead atoms. The van der Waals surface area contributed by atoms with E-state index in [2.05, 4.69) is 4.74 Å². The lowest BCUT2D eigenvalue weighted by Crippen LogP contribution is -2.08. The lowest BCUT2D eigenvalue weighted by molar-refractivity contribution is 0.0606. The van der Waals surface area contributed by atoms with E-state index in [-0.39, 0.29) is 18.2 Å². The molecule has 0 saturated carbocycles. The van der Waals surface area contributed by atoms with Crippen molar-refractivity contribution >= 4 is 35.5 Å². The largest absolute Gasteiger partial charge is 0.465 e. The van der Waals surface area contributed by atoms with Crippen LogP contribution in [-0.4, -0.2) is 18.9 Å². The molecule has 1 rings (SSSR count). The van der Waals surface area contributed by atoms with Crippen molar-refractivity contribution in [3.05, 3.63) is 21.9 Å². The van der Waals surface area contributed by atoms with E-state index in [0.29, 0.717) is 9.75 Å². The van der Waals surface area contributed by atoms with Gasteiger partial charge in [-0.15, -0.1) is 23.7 Å². The Morgan fingerprint density at radius 3 is 2.46 bits per heavy atom. The van der Waals surface area contributed by atoms with Gasteiger partial charge in [-0.1, -0.05) is 0 Å². The van der Waals surface area contributed by atoms with Crippen LogP contribution in [0, 0.1) is 5.41 Å². The highest BCUT2D eigenvalue weighted by Crippen LogP contribution is 2.16. The zero-order valence-corrected chi connectivity index (χ0v) is 8.50. The monoisotopic (exact) mass is 220 g/mol. The van der Waals surface area contributed by atoms with Gasteiger partial charge in [0, 0.05) is 0 Å². The zero-order chi connectivity index (χ0) is 9.14. The summed E-state index contributed by atoms with van der Waals surface area (Å²) < 4.78 is 4.49. The fourth-order valence-corrected chi connectivity index (χ4v) is 1.48. The Bertz CT molecular complexity index is 324. The molecule has 0 atom stereocenters. The molecule has 0 aliphatic rings. The molecule has 0 unspecified atom stereocenters. The van der Waals surface area contributed by atoms with Crippen molar-refractivity contribution in [2.24, 2.45) is 5.73 Å². The Morgan fingerprint density at radius 1 is 1.54 bits per heavy atom. The summed E-state index contributed by atoms with van der Waals surface area (Å²) in [5, 5.41) is 7.08. The van der Waals surface area contributed by atoms with Gasteiger partial charge >= 0.3 is 5.97 Å². The number of esters is 1. The molecule has 1 heterocycles. The molecule has 0 saturated heterocycles. The Balaban J connectivity index is 0.00000144. The summed E-state index contributed by atoms with van der Waals surface area (Å²) in [6.45, 7) is 0. The van der Waals surface area contributed by atoms with Crippen molar-refractivity contribution in [3.8, 4) is 0 Å². The lowest BCUT2D eigenvalue weighted by Gasteiger charge is -1.92. The minimum atomic E-state index is -0.396. The third kappa shape index (κ3) is 2.71. The first-order chi connectivity index (χ1) is 5.65. The molecule has 0 radical (unpaired) electrons. The molecule has 0 amide bonds. The van der Waals surface area contributed by atoms with E-state index in [1.807, 2.05) is 0 Å². The first kappa shape index (κ1) is 11.9. The van der Waals surface area contributed by atoms with Gasteiger partial charge in [0.1, 0.15) is 10.7 Å². The number of carbonyl (C=O) groups is 1. The number of carbonyl (C=O) groups excluding carboxylic acids is 1. The van der Waals surface area contributed by atoms with Crippen LogP contribution in [-0.2, 0) is 4.74 Å². The van der Waals surface area contributed by atoms with Crippen molar-refractivity contribution in [1.82, 2.24) is 0 Å². The van der Waals surface area contributed by atoms with E-state index in [9.17, 15) is 4.79 Å². The molecule has 0 aromatic carbocycles. The molecule has 4 nitrogen and oxygen atoms in total. The standard InChI is InChI=1S/C7H8N2O2S.ClH/c1-11-7(10)5-3-2-4(12-5)6(8)9;/h2-3H,1H3,(H3,8,9);1H. The predicted octanol–water partition coefficient (Wildman–Crippen LogP) is 1.24. The molecule has 0 spiro atoms. The Morgan fingerprint density at radius 2 is 2.08 bits per heavy atom. The van der Waals surface area contributed by atoms with Gasteiger partial charge in [-0.2, -0.15) is 0 Å². The van der Waals surface area contributed by atoms with E-state index in [1.54, 1.807) is 12.1 Å². The number of rotatable bonds is 2. The number of halogens is 1. The highest BCUT2D eigenvalue weighted by atomic mass is 35.5. The molecule has 3 N–H and O–H groups in total. The highest BCUT2D eigenvalue weighted by Gasteiger charge is 2.09. The second-order valence-corrected chi connectivity index (χ2v) is 3.15. The number of nitrogen functional groups attached to an aromatic ring is 1. The van der Waals surface area contributed by atoms with Gasteiger partial charge in [0.25, 0.3) is 0 Å². The van der Waals surface area contributed by atoms with Crippen LogP contribution in [0.25, 0.3) is 0 Å². The molecule has 6 heteroatoms. The van der Waals surface area contributed by atoms with Crippen LogP contribution < -0.4 is 5.73 Å². The second kappa shape index (κ2) is 4.84. The molecule has 72 valence electrons. The van der Waals surface area contributed by atoms with Crippen LogP contribution in [0.4, 0.5) is 0 Å². The van der Waals surface area contributed by atoms with Gasteiger partial charge in [0.05, 0.1) is 12.0 Å². The molecule has 0 fully saturated rings. The van der Waals surface area contributed by atoms with Crippen LogP contribution in [0.3, 0.4) is 0 Å². The molecule has 0 aliphatic heterocycles. The van der Waals surface area contributed by atoms with Gasteiger partial charge in [-0.05, 0) is 12.1 Å². The predicted molar refractivity (Wildman–Crippen MR) is 53.9 cm³/mol. The molecule has 1 aromatic heterocycles. The Labute approximate surface area is 85.6 Å². The average Bonchev–Trinajstić information content (AvgIpc) is 2.51. The third-order valence-corrected chi connectivity index (χ3v) is 2.36. The van der Waals surface area contributed by atoms with Crippen LogP contribution in [0.5, 0.6) is 0 Å². The maximum atomic E-state index is 10.9. The summed E-state index contributed by atoms with van der Waals surface area (Å²) in [6, 6.07) is 3.21. The second-order valence-electron chi connectivity index (χ2n) is 2.07. The summed E-state index contributed by atoms with van der Waals surface area (Å²) in [5.74, 6) is -0.428. The number of nitrogens with one attached hydrogen (secondary N) is 1. The van der Waals surface area contributed by atoms with Gasteiger partial charge in [0.15, 0.2) is 0 Å². The summed E-state index contributed by atoms with van der Waals surface area (Å²) in [5.41, 5.74) is 5.21. The smallest absolute Gasteiger partial charge is 0.348 e. The van der Waals surface area contributed by atoms with E-state index in [0.717, 1.165) is 11.3 Å². The fourth-order valence-electron chi connectivity index (χ4n) is 0.693. The van der Waals surface area contributed by atoms with Gasteiger partial charge in [0.2, 0.25) is 0 Å².